The van der Waals surface area contributed by atoms with E-state index < -0.39 is 5.97 Å². The van der Waals surface area contributed by atoms with Gasteiger partial charge >= 0.3 is 5.97 Å². The summed E-state index contributed by atoms with van der Waals surface area (Å²) in [4.78, 5) is 11.7. The number of carboxylic acid groups (broad SMARTS) is 1. The smallest absolute Gasteiger partial charge is 0.331 e. The van der Waals surface area contributed by atoms with E-state index in [1.165, 1.54) is 11.1 Å². The molecule has 0 aliphatic heterocycles. The topological polar surface area (TPSA) is 70.7 Å². The monoisotopic (exact) mass is 468 g/mol. The molecule has 0 spiro atoms. The predicted octanol–water partition coefficient (Wildman–Crippen LogP) is 7.98. The van der Waals surface area contributed by atoms with Gasteiger partial charge in [-0.05, 0) is 103 Å². The standard InChI is InChI=1S/C30H44O4/c1-23(2)28(17-18-29(30(32)33)14-8-13-27-19-20-34-22-27)16-15-25(4)11-6-9-24(3)10-7-12-26(5)21-31/h9,12,14-15,19-20,22,28,31H,1,6-8,10-11,13,16-18,21H2,2-5H3,(H,32,33). The summed E-state index contributed by atoms with van der Waals surface area (Å²) in [7, 11) is 0. The van der Waals surface area contributed by atoms with E-state index in [1.54, 1.807) is 12.5 Å². The van der Waals surface area contributed by atoms with E-state index in [0.29, 0.717) is 18.4 Å². The Morgan fingerprint density at radius 2 is 1.62 bits per heavy atom. The maximum Gasteiger partial charge on any atom is 0.331 e. The van der Waals surface area contributed by atoms with Gasteiger partial charge in [0, 0.05) is 5.57 Å². The molecule has 1 aromatic heterocycles. The molecular weight excluding hydrogens is 424 g/mol. The largest absolute Gasteiger partial charge is 0.478 e. The number of rotatable bonds is 17. The van der Waals surface area contributed by atoms with Gasteiger partial charge in [0.1, 0.15) is 0 Å². The van der Waals surface area contributed by atoms with Crippen LogP contribution in [0.3, 0.4) is 0 Å². The minimum atomic E-state index is -0.830. The molecule has 1 heterocycles. The van der Waals surface area contributed by atoms with Gasteiger partial charge in [-0.1, -0.05) is 53.2 Å². The number of aliphatic hydroxyl groups excluding tert-OH is 1. The lowest BCUT2D eigenvalue weighted by Gasteiger charge is -2.16. The van der Waals surface area contributed by atoms with E-state index in [0.717, 1.165) is 61.7 Å². The second kappa shape index (κ2) is 16.9. The Morgan fingerprint density at radius 1 is 0.971 bits per heavy atom. The molecule has 0 aliphatic carbocycles. The number of furan rings is 1. The van der Waals surface area contributed by atoms with Crippen LogP contribution in [0.5, 0.6) is 0 Å². The van der Waals surface area contributed by atoms with Crippen LogP contribution in [0.25, 0.3) is 0 Å². The van der Waals surface area contributed by atoms with Crippen molar-refractivity contribution in [1.82, 2.24) is 0 Å². The molecule has 1 atom stereocenters. The van der Waals surface area contributed by atoms with Crippen molar-refractivity contribution < 1.29 is 19.4 Å². The molecule has 2 N–H and O–H groups in total. The predicted molar refractivity (Wildman–Crippen MR) is 142 cm³/mol. The first-order valence-corrected chi connectivity index (χ1v) is 12.4. The lowest BCUT2D eigenvalue weighted by Crippen LogP contribution is -2.06. The van der Waals surface area contributed by atoms with Crippen molar-refractivity contribution in [3.05, 3.63) is 82.9 Å². The van der Waals surface area contributed by atoms with Gasteiger partial charge in [-0.25, -0.2) is 4.79 Å². The SMILES string of the molecule is C=C(C)C(CC=C(C)CCC=C(C)CCC=C(C)CO)CCC(=CCCc1ccoc1)C(=O)O. The summed E-state index contributed by atoms with van der Waals surface area (Å²) in [6.45, 7) is 12.6. The average molecular weight is 469 g/mol. The maximum atomic E-state index is 11.7. The molecule has 1 aromatic rings. The maximum absolute atomic E-state index is 11.7. The highest BCUT2D eigenvalue weighted by Gasteiger charge is 2.13. The third-order valence-corrected chi connectivity index (χ3v) is 6.20. The molecule has 0 amide bonds. The zero-order valence-corrected chi connectivity index (χ0v) is 21.6. The summed E-state index contributed by atoms with van der Waals surface area (Å²) in [6, 6.07) is 1.91. The molecule has 34 heavy (non-hydrogen) atoms. The summed E-state index contributed by atoms with van der Waals surface area (Å²) >= 11 is 0. The number of hydrogen-bond donors (Lipinski definition) is 2. The third kappa shape index (κ3) is 13.2. The summed E-state index contributed by atoms with van der Waals surface area (Å²) < 4.78 is 5.07. The number of aryl methyl sites for hydroxylation is 1. The van der Waals surface area contributed by atoms with E-state index in [1.807, 2.05) is 26.0 Å². The third-order valence-electron chi connectivity index (χ3n) is 6.20. The van der Waals surface area contributed by atoms with Crippen molar-refractivity contribution in [2.45, 2.75) is 85.5 Å². The van der Waals surface area contributed by atoms with E-state index >= 15 is 0 Å². The number of carboxylic acids is 1. The number of allylic oxidation sites excluding steroid dienone is 7. The van der Waals surface area contributed by atoms with E-state index in [9.17, 15) is 9.90 Å². The van der Waals surface area contributed by atoms with Gasteiger partial charge in [0.2, 0.25) is 0 Å². The first-order chi connectivity index (χ1) is 16.2. The van der Waals surface area contributed by atoms with Crippen molar-refractivity contribution in [3.63, 3.8) is 0 Å². The molecule has 1 unspecified atom stereocenters. The van der Waals surface area contributed by atoms with Crippen molar-refractivity contribution in [2.24, 2.45) is 5.92 Å². The Balaban J connectivity index is 2.50. The summed E-state index contributed by atoms with van der Waals surface area (Å²) in [5, 5.41) is 18.6. The quantitative estimate of drug-likeness (QED) is 0.180. The van der Waals surface area contributed by atoms with Crippen molar-refractivity contribution in [1.29, 1.82) is 0 Å². The van der Waals surface area contributed by atoms with Crippen LogP contribution in [0.4, 0.5) is 0 Å². The summed E-state index contributed by atoms with van der Waals surface area (Å²) in [6.07, 6.45) is 19.7. The highest BCUT2D eigenvalue weighted by molar-refractivity contribution is 5.86. The molecule has 0 saturated carbocycles. The van der Waals surface area contributed by atoms with Crippen LogP contribution in [-0.2, 0) is 11.2 Å². The number of carbonyl (C=O) groups is 1. The molecule has 0 fully saturated rings. The molecule has 0 radical (unpaired) electrons. The minimum Gasteiger partial charge on any atom is -0.478 e. The summed E-state index contributed by atoms with van der Waals surface area (Å²) in [5.41, 5.74) is 6.45. The fourth-order valence-corrected chi connectivity index (χ4v) is 3.74. The van der Waals surface area contributed by atoms with Gasteiger partial charge in [-0.15, -0.1) is 0 Å². The molecule has 188 valence electrons. The Morgan fingerprint density at radius 3 is 2.18 bits per heavy atom. The minimum absolute atomic E-state index is 0.137. The fourth-order valence-electron chi connectivity index (χ4n) is 3.74. The molecule has 1 rings (SSSR count). The lowest BCUT2D eigenvalue weighted by atomic mass is 9.89. The van der Waals surface area contributed by atoms with Gasteiger partial charge in [0.25, 0.3) is 0 Å². The van der Waals surface area contributed by atoms with Crippen molar-refractivity contribution >= 4 is 5.97 Å². The van der Waals surface area contributed by atoms with Crippen LogP contribution in [-0.4, -0.2) is 22.8 Å². The number of aliphatic carboxylic acids is 1. The highest BCUT2D eigenvalue weighted by atomic mass is 16.4. The molecule has 4 nitrogen and oxygen atoms in total. The van der Waals surface area contributed by atoms with Crippen LogP contribution >= 0.6 is 0 Å². The van der Waals surface area contributed by atoms with Crippen LogP contribution in [0.1, 0.15) is 84.6 Å². The van der Waals surface area contributed by atoms with Crippen molar-refractivity contribution in [2.75, 3.05) is 6.61 Å². The normalized spacial score (nSPS) is 14.4. The van der Waals surface area contributed by atoms with Gasteiger partial charge in [-0.3, -0.25) is 0 Å². The van der Waals surface area contributed by atoms with Crippen LogP contribution < -0.4 is 0 Å². The Hall–Kier alpha value is -2.59. The molecule has 0 saturated heterocycles. The molecular formula is C30H44O4. The average Bonchev–Trinajstić information content (AvgIpc) is 3.30. The first kappa shape index (κ1) is 29.4. The lowest BCUT2D eigenvalue weighted by molar-refractivity contribution is -0.132. The van der Waals surface area contributed by atoms with Gasteiger partial charge in [0.15, 0.2) is 0 Å². The van der Waals surface area contributed by atoms with Gasteiger partial charge in [0.05, 0.1) is 19.1 Å². The molecule has 0 aliphatic rings. The highest BCUT2D eigenvalue weighted by Crippen LogP contribution is 2.24. The molecule has 4 heteroatoms. The van der Waals surface area contributed by atoms with Crippen LogP contribution in [0.15, 0.2) is 81.8 Å². The zero-order valence-electron chi connectivity index (χ0n) is 21.6. The van der Waals surface area contributed by atoms with E-state index in [-0.39, 0.29) is 12.5 Å². The molecule has 0 bridgehead atoms. The van der Waals surface area contributed by atoms with Gasteiger partial charge in [-0.2, -0.15) is 0 Å². The second-order valence-corrected chi connectivity index (χ2v) is 9.41. The Kier molecular flexibility index (Phi) is 14.7. The second-order valence-electron chi connectivity index (χ2n) is 9.41. The van der Waals surface area contributed by atoms with Crippen LogP contribution in [0, 0.1) is 5.92 Å². The molecule has 0 aromatic carbocycles. The Bertz CT molecular complexity index is 866. The number of aliphatic hydroxyl groups is 1. The van der Waals surface area contributed by atoms with E-state index in [4.69, 9.17) is 9.52 Å². The van der Waals surface area contributed by atoms with E-state index in [2.05, 4.69) is 38.7 Å². The number of hydrogen-bond acceptors (Lipinski definition) is 3. The first-order valence-electron chi connectivity index (χ1n) is 12.4. The van der Waals surface area contributed by atoms with Crippen molar-refractivity contribution in [3.8, 4) is 0 Å². The van der Waals surface area contributed by atoms with Gasteiger partial charge < -0.3 is 14.6 Å². The van der Waals surface area contributed by atoms with Crippen LogP contribution in [0.2, 0.25) is 0 Å². The summed E-state index contributed by atoms with van der Waals surface area (Å²) in [5.74, 6) is -0.547. The Labute approximate surface area is 206 Å². The fraction of sp³-hybridized carbons (Fsp3) is 0.500. The zero-order chi connectivity index (χ0) is 25.3.